The predicted molar refractivity (Wildman–Crippen MR) is 79.1 cm³/mol. The van der Waals surface area contributed by atoms with Crippen molar-refractivity contribution in [2.45, 2.75) is 33.7 Å². The van der Waals surface area contributed by atoms with E-state index in [2.05, 4.69) is 20.0 Å². The van der Waals surface area contributed by atoms with Crippen LogP contribution in [0.15, 0.2) is 6.07 Å². The van der Waals surface area contributed by atoms with Gasteiger partial charge in [-0.05, 0) is 27.7 Å². The van der Waals surface area contributed by atoms with Crippen molar-refractivity contribution in [3.05, 3.63) is 17.6 Å². The average molecular weight is 294 g/mol. The third-order valence-electron chi connectivity index (χ3n) is 3.03. The van der Waals surface area contributed by atoms with Crippen molar-refractivity contribution in [2.75, 3.05) is 25.5 Å². The number of carbonyl (C=O) groups is 2. The van der Waals surface area contributed by atoms with Gasteiger partial charge in [0.2, 0.25) is 11.7 Å². The van der Waals surface area contributed by atoms with Gasteiger partial charge in [0.25, 0.3) is 0 Å². The van der Waals surface area contributed by atoms with Gasteiger partial charge in [0.15, 0.2) is 0 Å². The quantitative estimate of drug-likeness (QED) is 0.795. The first kappa shape index (κ1) is 16.9. The van der Waals surface area contributed by atoms with Crippen LogP contribution in [0.4, 0.5) is 5.82 Å². The number of hydrogen-bond acceptors (Lipinski definition) is 6. The van der Waals surface area contributed by atoms with Gasteiger partial charge in [-0.3, -0.25) is 4.79 Å². The Morgan fingerprint density at radius 1 is 1.33 bits per heavy atom. The number of anilines is 1. The highest BCUT2D eigenvalue weighted by Gasteiger charge is 2.19. The molecule has 0 fully saturated rings. The normalized spacial score (nSPS) is 11.7. The van der Waals surface area contributed by atoms with Crippen LogP contribution < -0.4 is 5.32 Å². The van der Waals surface area contributed by atoms with Crippen molar-refractivity contribution in [1.29, 1.82) is 0 Å². The first-order valence-electron chi connectivity index (χ1n) is 6.92. The molecule has 0 bridgehead atoms. The number of aromatic nitrogens is 2. The second-order valence-electron chi connectivity index (χ2n) is 4.59. The Hall–Kier alpha value is -2.18. The summed E-state index contributed by atoms with van der Waals surface area (Å²) in [6, 6.07) is 1.24. The molecule has 1 unspecified atom stereocenters. The number of amides is 1. The standard InChI is InChI=1S/C14H22N4O3/c1-6-18(7-2)13(19)10(4)16-11-8-9(3)15-12(17-11)14(20)21-5/h8,10H,6-7H2,1-5H3,(H,15,16,17). The summed E-state index contributed by atoms with van der Waals surface area (Å²) in [5.74, 6) is -0.223. The molecule has 0 aliphatic carbocycles. The van der Waals surface area contributed by atoms with Crippen molar-refractivity contribution in [3.63, 3.8) is 0 Å². The summed E-state index contributed by atoms with van der Waals surface area (Å²) in [5.41, 5.74) is 0.621. The fraction of sp³-hybridized carbons (Fsp3) is 0.571. The number of aryl methyl sites for hydroxylation is 1. The highest BCUT2D eigenvalue weighted by molar-refractivity contribution is 5.86. The zero-order valence-electron chi connectivity index (χ0n) is 13.1. The van der Waals surface area contributed by atoms with Crippen LogP contribution in [0, 0.1) is 6.92 Å². The number of esters is 1. The van der Waals surface area contributed by atoms with Gasteiger partial charge in [-0.1, -0.05) is 0 Å². The highest BCUT2D eigenvalue weighted by Crippen LogP contribution is 2.10. The molecule has 1 amide bonds. The van der Waals surface area contributed by atoms with Gasteiger partial charge in [0, 0.05) is 24.8 Å². The van der Waals surface area contributed by atoms with Crippen LogP contribution in [-0.4, -0.2) is 53.0 Å². The second kappa shape index (κ2) is 7.56. The molecule has 0 aliphatic rings. The maximum atomic E-state index is 12.2. The third kappa shape index (κ3) is 4.40. The molecule has 7 heteroatoms. The SMILES string of the molecule is CCN(CC)C(=O)C(C)Nc1cc(C)nc(C(=O)OC)n1. The van der Waals surface area contributed by atoms with Crippen LogP contribution in [0.3, 0.4) is 0 Å². The molecule has 7 nitrogen and oxygen atoms in total. The topological polar surface area (TPSA) is 84.4 Å². The molecule has 0 aliphatic heterocycles. The average Bonchev–Trinajstić information content (AvgIpc) is 2.46. The lowest BCUT2D eigenvalue weighted by molar-refractivity contribution is -0.131. The van der Waals surface area contributed by atoms with Gasteiger partial charge in [-0.15, -0.1) is 0 Å². The molecule has 0 radical (unpaired) electrons. The summed E-state index contributed by atoms with van der Waals surface area (Å²) in [5, 5.41) is 3.00. The van der Waals surface area contributed by atoms with Crippen LogP contribution in [-0.2, 0) is 9.53 Å². The molecule has 1 aromatic rings. The molecule has 1 rings (SSSR count). The van der Waals surface area contributed by atoms with E-state index in [0.29, 0.717) is 24.6 Å². The van der Waals surface area contributed by atoms with Crippen LogP contribution in [0.2, 0.25) is 0 Å². The molecule has 1 N–H and O–H groups in total. The molecule has 0 spiro atoms. The van der Waals surface area contributed by atoms with Crippen LogP contribution in [0.25, 0.3) is 0 Å². The molecule has 0 aromatic carbocycles. The lowest BCUT2D eigenvalue weighted by Gasteiger charge is -2.23. The molecular formula is C14H22N4O3. The summed E-state index contributed by atoms with van der Waals surface area (Å²) < 4.78 is 4.60. The molecule has 1 atom stereocenters. The van der Waals surface area contributed by atoms with E-state index in [0.717, 1.165) is 0 Å². The van der Waals surface area contributed by atoms with Crippen molar-refractivity contribution in [1.82, 2.24) is 14.9 Å². The van der Waals surface area contributed by atoms with Gasteiger partial charge in [0.1, 0.15) is 11.9 Å². The lowest BCUT2D eigenvalue weighted by atomic mass is 10.2. The van der Waals surface area contributed by atoms with E-state index in [1.165, 1.54) is 7.11 Å². The van der Waals surface area contributed by atoms with Crippen molar-refractivity contribution in [2.24, 2.45) is 0 Å². The Morgan fingerprint density at radius 2 is 1.95 bits per heavy atom. The molecular weight excluding hydrogens is 272 g/mol. The van der Waals surface area contributed by atoms with Crippen molar-refractivity contribution in [3.8, 4) is 0 Å². The number of ether oxygens (including phenoxy) is 1. The first-order chi connectivity index (χ1) is 9.92. The first-order valence-corrected chi connectivity index (χ1v) is 6.92. The van der Waals surface area contributed by atoms with Gasteiger partial charge >= 0.3 is 5.97 Å². The zero-order valence-corrected chi connectivity index (χ0v) is 13.1. The Morgan fingerprint density at radius 3 is 2.48 bits per heavy atom. The number of nitrogens with zero attached hydrogens (tertiary/aromatic N) is 3. The van der Waals surface area contributed by atoms with Crippen molar-refractivity contribution >= 4 is 17.7 Å². The van der Waals surface area contributed by atoms with Gasteiger partial charge in [0.05, 0.1) is 7.11 Å². The summed E-state index contributed by atoms with van der Waals surface area (Å²) in [6.45, 7) is 8.66. The summed E-state index contributed by atoms with van der Waals surface area (Å²) >= 11 is 0. The molecule has 1 aromatic heterocycles. The van der Waals surface area contributed by atoms with Gasteiger partial charge in [-0.2, -0.15) is 0 Å². The fourth-order valence-electron chi connectivity index (χ4n) is 1.92. The largest absolute Gasteiger partial charge is 0.463 e. The van der Waals surface area contributed by atoms with E-state index in [4.69, 9.17) is 0 Å². The van der Waals surface area contributed by atoms with Crippen LogP contribution in [0.1, 0.15) is 37.1 Å². The summed E-state index contributed by atoms with van der Waals surface area (Å²) in [7, 11) is 1.27. The van der Waals surface area contributed by atoms with Crippen LogP contribution in [0.5, 0.6) is 0 Å². The van der Waals surface area contributed by atoms with E-state index >= 15 is 0 Å². The Bertz CT molecular complexity index is 515. The number of methoxy groups -OCH3 is 1. The molecule has 1 heterocycles. The molecule has 0 saturated heterocycles. The number of likely N-dealkylation sites (N-methyl/N-ethyl adjacent to an activating group) is 1. The minimum absolute atomic E-state index is 0.0177. The number of hydrogen-bond donors (Lipinski definition) is 1. The van der Waals surface area contributed by atoms with Crippen LogP contribution >= 0.6 is 0 Å². The van der Waals surface area contributed by atoms with E-state index in [1.807, 2.05) is 13.8 Å². The maximum Gasteiger partial charge on any atom is 0.376 e. The monoisotopic (exact) mass is 294 g/mol. The predicted octanol–water partition coefficient (Wildman–Crippen LogP) is 1.24. The number of nitrogens with one attached hydrogen (secondary N) is 1. The maximum absolute atomic E-state index is 12.2. The smallest absolute Gasteiger partial charge is 0.376 e. The number of rotatable bonds is 6. The summed E-state index contributed by atoms with van der Waals surface area (Å²) in [6.07, 6.45) is 0. The van der Waals surface area contributed by atoms with E-state index in [9.17, 15) is 9.59 Å². The van der Waals surface area contributed by atoms with E-state index in [-0.39, 0.29) is 11.7 Å². The fourth-order valence-corrected chi connectivity index (χ4v) is 1.92. The van der Waals surface area contributed by atoms with E-state index < -0.39 is 12.0 Å². The molecule has 0 saturated carbocycles. The second-order valence-corrected chi connectivity index (χ2v) is 4.59. The highest BCUT2D eigenvalue weighted by atomic mass is 16.5. The Labute approximate surface area is 124 Å². The Balaban J connectivity index is 2.89. The summed E-state index contributed by atoms with van der Waals surface area (Å²) in [4.78, 5) is 33.5. The zero-order chi connectivity index (χ0) is 16.0. The number of carbonyl (C=O) groups excluding carboxylic acids is 2. The third-order valence-corrected chi connectivity index (χ3v) is 3.03. The minimum atomic E-state index is -0.607. The Kier molecular flexibility index (Phi) is 6.08. The van der Waals surface area contributed by atoms with Gasteiger partial charge in [-0.25, -0.2) is 14.8 Å². The van der Waals surface area contributed by atoms with E-state index in [1.54, 1.807) is 24.8 Å². The molecule has 116 valence electrons. The minimum Gasteiger partial charge on any atom is -0.463 e. The van der Waals surface area contributed by atoms with Gasteiger partial charge < -0.3 is 15.0 Å². The van der Waals surface area contributed by atoms with Crippen molar-refractivity contribution < 1.29 is 14.3 Å². The molecule has 21 heavy (non-hydrogen) atoms. The lowest BCUT2D eigenvalue weighted by Crippen LogP contribution is -2.41.